The van der Waals surface area contributed by atoms with E-state index in [-0.39, 0.29) is 11.7 Å². The van der Waals surface area contributed by atoms with Gasteiger partial charge >= 0.3 is 0 Å². The van der Waals surface area contributed by atoms with Gasteiger partial charge in [-0.3, -0.25) is 10.1 Å². The highest BCUT2D eigenvalue weighted by atomic mass is 16.4. The van der Waals surface area contributed by atoms with Gasteiger partial charge < -0.3 is 25.5 Å². The molecule has 4 atom stereocenters. The van der Waals surface area contributed by atoms with Crippen molar-refractivity contribution < 1.29 is 30.3 Å². The zero-order valence-electron chi connectivity index (χ0n) is 13.6. The van der Waals surface area contributed by atoms with E-state index >= 15 is 0 Å². The molecule has 1 aliphatic rings. The summed E-state index contributed by atoms with van der Waals surface area (Å²) in [4.78, 5) is 15.8. The average molecular weight is 364 g/mol. The lowest BCUT2D eigenvalue weighted by atomic mass is 10.0. The second-order valence-corrected chi connectivity index (χ2v) is 5.47. The Bertz CT molecular complexity index is 706. The van der Waals surface area contributed by atoms with Gasteiger partial charge in [-0.15, -0.1) is 0 Å². The Labute approximate surface area is 148 Å². The van der Waals surface area contributed by atoms with Gasteiger partial charge in [-0.25, -0.2) is 10.4 Å². The summed E-state index contributed by atoms with van der Waals surface area (Å²) in [6, 6.07) is 9.10. The highest BCUT2D eigenvalue weighted by molar-refractivity contribution is 6.13. The Balaban J connectivity index is 1.95. The van der Waals surface area contributed by atoms with E-state index in [1.54, 1.807) is 6.08 Å². The smallest absolute Gasteiger partial charge is 0.276 e. The number of hydrazone groups is 1. The average Bonchev–Trinajstić information content (AvgIpc) is 2.99. The SMILES string of the molecule is O=C1NC(N/N=C/[C@H](O)[C@H](O)[C@H](O)[C@H](O)CO)=N/C1=C\c1ccccc1. The van der Waals surface area contributed by atoms with E-state index in [4.69, 9.17) is 5.11 Å². The molecule has 1 aliphatic heterocycles. The number of carbonyl (C=O) groups is 1. The van der Waals surface area contributed by atoms with E-state index in [1.165, 1.54) is 0 Å². The summed E-state index contributed by atoms with van der Waals surface area (Å²) in [6.07, 6.45) is -4.33. The Morgan fingerprint density at radius 2 is 1.85 bits per heavy atom. The first kappa shape index (κ1) is 19.7. The van der Waals surface area contributed by atoms with Crippen molar-refractivity contribution in [2.75, 3.05) is 6.61 Å². The zero-order chi connectivity index (χ0) is 19.1. The molecular formula is C16H20N4O6. The molecule has 1 aromatic carbocycles. The molecule has 1 amide bonds. The number of aliphatic hydroxyl groups excluding tert-OH is 5. The van der Waals surface area contributed by atoms with E-state index in [1.807, 2.05) is 30.3 Å². The number of carbonyl (C=O) groups excluding carboxylic acids is 1. The zero-order valence-corrected chi connectivity index (χ0v) is 13.6. The van der Waals surface area contributed by atoms with Crippen molar-refractivity contribution in [3.05, 3.63) is 41.6 Å². The summed E-state index contributed by atoms with van der Waals surface area (Å²) in [7, 11) is 0. The van der Waals surface area contributed by atoms with Crippen molar-refractivity contribution in [1.82, 2.24) is 10.7 Å². The molecule has 0 radical (unpaired) electrons. The third-order valence-electron chi connectivity index (χ3n) is 3.48. The molecule has 0 fully saturated rings. The molecule has 0 aromatic heterocycles. The molecule has 1 aromatic rings. The number of aliphatic hydroxyl groups is 5. The van der Waals surface area contributed by atoms with Gasteiger partial charge in [0, 0.05) is 0 Å². The number of aliphatic imine (C=N–C) groups is 1. The predicted octanol–water partition coefficient (Wildman–Crippen LogP) is -2.48. The monoisotopic (exact) mass is 364 g/mol. The second-order valence-electron chi connectivity index (χ2n) is 5.47. The maximum Gasteiger partial charge on any atom is 0.276 e. The third kappa shape index (κ3) is 5.18. The standard InChI is InChI=1S/C16H20N4O6/c21-8-12(23)14(25)13(24)11(22)7-17-20-16-18-10(15(26)19-16)6-9-4-2-1-3-5-9/h1-7,11-14,21-25H,8H2,(H2,18,19,20,26)/b10-6-,17-7+/t11-,12+,13-,14+/m0/s1. The number of rotatable bonds is 7. The molecule has 0 saturated heterocycles. The molecule has 10 heteroatoms. The number of nitrogens with one attached hydrogen (secondary N) is 2. The number of nitrogens with zero attached hydrogens (tertiary/aromatic N) is 2. The third-order valence-corrected chi connectivity index (χ3v) is 3.48. The molecule has 0 bridgehead atoms. The molecule has 0 unspecified atom stereocenters. The fourth-order valence-corrected chi connectivity index (χ4v) is 2.03. The highest BCUT2D eigenvalue weighted by Gasteiger charge is 2.29. The molecule has 2 rings (SSSR count). The lowest BCUT2D eigenvalue weighted by Gasteiger charge is -2.23. The van der Waals surface area contributed by atoms with Crippen LogP contribution in [-0.2, 0) is 4.79 Å². The first-order valence-electron chi connectivity index (χ1n) is 7.71. The second kappa shape index (κ2) is 9.17. The fraction of sp³-hybridized carbons (Fsp3) is 0.312. The topological polar surface area (TPSA) is 167 Å². The summed E-state index contributed by atoms with van der Waals surface area (Å²) in [5.74, 6) is -0.417. The van der Waals surface area contributed by atoms with Crippen LogP contribution in [0.4, 0.5) is 0 Å². The van der Waals surface area contributed by atoms with Crippen molar-refractivity contribution in [1.29, 1.82) is 0 Å². The highest BCUT2D eigenvalue weighted by Crippen LogP contribution is 2.11. The van der Waals surface area contributed by atoms with E-state index in [0.29, 0.717) is 0 Å². The lowest BCUT2D eigenvalue weighted by Crippen LogP contribution is -2.46. The van der Waals surface area contributed by atoms with Crippen LogP contribution in [0.25, 0.3) is 6.08 Å². The molecule has 26 heavy (non-hydrogen) atoms. The van der Waals surface area contributed by atoms with Crippen LogP contribution >= 0.6 is 0 Å². The van der Waals surface area contributed by atoms with Gasteiger partial charge in [0.1, 0.15) is 30.1 Å². The van der Waals surface area contributed by atoms with Crippen molar-refractivity contribution in [2.45, 2.75) is 24.4 Å². The Hall–Kier alpha value is -2.63. The minimum Gasteiger partial charge on any atom is -0.394 e. The van der Waals surface area contributed by atoms with Crippen LogP contribution in [0.5, 0.6) is 0 Å². The van der Waals surface area contributed by atoms with Crippen molar-refractivity contribution in [3.8, 4) is 0 Å². The predicted molar refractivity (Wildman–Crippen MR) is 92.7 cm³/mol. The first-order valence-corrected chi connectivity index (χ1v) is 7.71. The number of hydrogen-bond donors (Lipinski definition) is 7. The van der Waals surface area contributed by atoms with E-state index in [2.05, 4.69) is 20.8 Å². The van der Waals surface area contributed by atoms with Crippen molar-refractivity contribution in [2.24, 2.45) is 10.1 Å². The molecule has 1 heterocycles. The summed E-state index contributed by atoms with van der Waals surface area (Å²) in [5.41, 5.74) is 3.33. The minimum atomic E-state index is -1.77. The maximum absolute atomic E-state index is 11.8. The number of guanidine groups is 1. The van der Waals surface area contributed by atoms with Gasteiger partial charge in [0.2, 0.25) is 5.96 Å². The molecular weight excluding hydrogens is 344 g/mol. The van der Waals surface area contributed by atoms with Crippen LogP contribution < -0.4 is 10.7 Å². The Kier molecular flexibility index (Phi) is 6.95. The largest absolute Gasteiger partial charge is 0.394 e. The van der Waals surface area contributed by atoms with Gasteiger partial charge in [0.05, 0.1) is 12.8 Å². The maximum atomic E-state index is 11.8. The lowest BCUT2D eigenvalue weighted by molar-refractivity contribution is -0.115. The van der Waals surface area contributed by atoms with Gasteiger partial charge in [-0.05, 0) is 11.6 Å². The van der Waals surface area contributed by atoms with Crippen LogP contribution in [0.15, 0.2) is 46.1 Å². The molecule has 140 valence electrons. The van der Waals surface area contributed by atoms with Crippen molar-refractivity contribution >= 4 is 24.2 Å². The number of amides is 1. The summed E-state index contributed by atoms with van der Waals surface area (Å²) < 4.78 is 0. The van der Waals surface area contributed by atoms with Crippen molar-refractivity contribution in [3.63, 3.8) is 0 Å². The quantitative estimate of drug-likeness (QED) is 0.160. The first-order chi connectivity index (χ1) is 12.4. The molecule has 10 nitrogen and oxygen atoms in total. The Morgan fingerprint density at radius 3 is 2.50 bits per heavy atom. The summed E-state index contributed by atoms with van der Waals surface area (Å²) in [6.45, 7) is -0.778. The summed E-state index contributed by atoms with van der Waals surface area (Å²) >= 11 is 0. The molecule has 7 N–H and O–H groups in total. The number of benzene rings is 1. The van der Waals surface area contributed by atoms with Gasteiger partial charge in [-0.2, -0.15) is 5.10 Å². The van der Waals surface area contributed by atoms with Crippen LogP contribution in [0.3, 0.4) is 0 Å². The molecule has 0 spiro atoms. The van der Waals surface area contributed by atoms with Crippen LogP contribution in [0.2, 0.25) is 0 Å². The van der Waals surface area contributed by atoms with Gasteiger partial charge in [0.15, 0.2) is 0 Å². The van der Waals surface area contributed by atoms with E-state index in [9.17, 15) is 25.2 Å². The van der Waals surface area contributed by atoms with E-state index < -0.39 is 36.9 Å². The summed E-state index contributed by atoms with van der Waals surface area (Å²) in [5, 5.41) is 52.7. The Morgan fingerprint density at radius 1 is 1.15 bits per heavy atom. The van der Waals surface area contributed by atoms with E-state index in [0.717, 1.165) is 11.8 Å². The number of hydrogen-bond acceptors (Lipinski definition) is 9. The fourth-order valence-electron chi connectivity index (χ4n) is 2.03. The molecule has 0 aliphatic carbocycles. The normalized spacial score (nSPS) is 20.6. The molecule has 0 saturated carbocycles. The van der Waals surface area contributed by atoms with Crippen LogP contribution in [-0.4, -0.2) is 74.6 Å². The minimum absolute atomic E-state index is 0.0195. The van der Waals surface area contributed by atoms with Crippen LogP contribution in [0, 0.1) is 0 Å². The van der Waals surface area contributed by atoms with Crippen LogP contribution in [0.1, 0.15) is 5.56 Å². The van der Waals surface area contributed by atoms with Gasteiger partial charge in [0.25, 0.3) is 5.91 Å². The van der Waals surface area contributed by atoms with Gasteiger partial charge in [-0.1, -0.05) is 30.3 Å².